The SMILES string of the molecule is CC1CCc2sc3c(c2C1)c1ncnn1c1nnc(SCC(=O)Nc2cccc(Cl)c2)n31. The number of thiophene rings is 1. The van der Waals surface area contributed by atoms with E-state index in [4.69, 9.17) is 11.6 Å². The first-order valence-electron chi connectivity index (χ1n) is 10.3. The van der Waals surface area contributed by atoms with Crippen LogP contribution in [0, 0.1) is 5.92 Å². The number of nitrogens with zero attached hydrogens (tertiary/aromatic N) is 6. The van der Waals surface area contributed by atoms with Crippen molar-refractivity contribution >= 4 is 67.9 Å². The topological polar surface area (TPSA) is 89.5 Å². The van der Waals surface area contributed by atoms with Crippen molar-refractivity contribution in [2.45, 2.75) is 31.3 Å². The molecule has 1 amide bonds. The first-order chi connectivity index (χ1) is 15.6. The van der Waals surface area contributed by atoms with Crippen molar-refractivity contribution < 1.29 is 4.79 Å². The Bertz CT molecular complexity index is 1500. The Labute approximate surface area is 196 Å². The Morgan fingerprint density at radius 2 is 2.28 bits per heavy atom. The molecule has 32 heavy (non-hydrogen) atoms. The minimum Gasteiger partial charge on any atom is -0.325 e. The van der Waals surface area contributed by atoms with E-state index in [2.05, 4.69) is 32.5 Å². The van der Waals surface area contributed by atoms with Crippen LogP contribution in [-0.4, -0.2) is 40.9 Å². The van der Waals surface area contributed by atoms with Crippen molar-refractivity contribution in [1.29, 1.82) is 0 Å². The number of thioether (sulfide) groups is 1. The summed E-state index contributed by atoms with van der Waals surface area (Å²) in [5.41, 5.74) is 2.86. The molecule has 1 N–H and O–H groups in total. The number of aryl methyl sites for hydroxylation is 1. The van der Waals surface area contributed by atoms with Gasteiger partial charge in [0.15, 0.2) is 10.8 Å². The zero-order valence-corrected chi connectivity index (χ0v) is 19.5. The minimum absolute atomic E-state index is 0.133. The van der Waals surface area contributed by atoms with Gasteiger partial charge >= 0.3 is 0 Å². The molecular weight excluding hydrogens is 466 g/mol. The van der Waals surface area contributed by atoms with Crippen LogP contribution in [0.5, 0.6) is 0 Å². The molecule has 0 saturated heterocycles. The van der Waals surface area contributed by atoms with Gasteiger partial charge in [0.1, 0.15) is 11.2 Å². The molecule has 1 aliphatic carbocycles. The van der Waals surface area contributed by atoms with Crippen molar-refractivity contribution in [3.8, 4) is 0 Å². The zero-order valence-electron chi connectivity index (χ0n) is 17.1. The average molecular weight is 484 g/mol. The molecule has 1 atom stereocenters. The Morgan fingerprint density at radius 3 is 3.16 bits per heavy atom. The van der Waals surface area contributed by atoms with Crippen LogP contribution in [0.1, 0.15) is 23.8 Å². The number of fused-ring (bicyclic) bond motifs is 8. The van der Waals surface area contributed by atoms with Gasteiger partial charge in [-0.25, -0.2) is 9.38 Å². The van der Waals surface area contributed by atoms with E-state index in [1.165, 1.54) is 28.6 Å². The monoisotopic (exact) mass is 483 g/mol. The highest BCUT2D eigenvalue weighted by Gasteiger charge is 2.26. The lowest BCUT2D eigenvalue weighted by Crippen LogP contribution is -2.14. The van der Waals surface area contributed by atoms with Crippen molar-refractivity contribution in [2.24, 2.45) is 5.92 Å². The Balaban J connectivity index is 1.39. The van der Waals surface area contributed by atoms with Crippen LogP contribution < -0.4 is 5.32 Å². The molecule has 8 nitrogen and oxygen atoms in total. The third-order valence-corrected chi connectivity index (χ3v) is 8.15. The van der Waals surface area contributed by atoms with E-state index in [9.17, 15) is 4.79 Å². The highest BCUT2D eigenvalue weighted by atomic mass is 35.5. The second-order valence-electron chi connectivity index (χ2n) is 7.99. The minimum atomic E-state index is -0.133. The molecule has 4 aromatic heterocycles. The van der Waals surface area contributed by atoms with Crippen molar-refractivity contribution in [3.05, 3.63) is 46.1 Å². The third-order valence-electron chi connectivity index (χ3n) is 5.71. The molecular formula is C21H18ClN7OS2. The van der Waals surface area contributed by atoms with Gasteiger partial charge in [-0.1, -0.05) is 36.4 Å². The maximum atomic E-state index is 12.5. The van der Waals surface area contributed by atoms with E-state index in [0.717, 1.165) is 28.7 Å². The maximum absolute atomic E-state index is 12.5. The summed E-state index contributed by atoms with van der Waals surface area (Å²) >= 11 is 9.14. The average Bonchev–Trinajstić information content (AvgIpc) is 3.48. The summed E-state index contributed by atoms with van der Waals surface area (Å²) in [5.74, 6) is 1.32. The largest absolute Gasteiger partial charge is 0.325 e. The quantitative estimate of drug-likeness (QED) is 0.379. The lowest BCUT2D eigenvalue weighted by atomic mass is 9.89. The number of aromatic nitrogens is 6. The van der Waals surface area contributed by atoms with Crippen LogP contribution in [0.2, 0.25) is 5.02 Å². The number of halogens is 1. The molecule has 0 radical (unpaired) electrons. The molecule has 0 spiro atoms. The van der Waals surface area contributed by atoms with E-state index in [1.54, 1.807) is 40.4 Å². The third kappa shape index (κ3) is 3.25. The fourth-order valence-electron chi connectivity index (χ4n) is 4.25. The standard InChI is InChI=1S/C21H18ClN7OS2/c1-11-5-6-15-14(7-11)17-18-23-10-24-29(18)20-26-27-21(28(20)19(17)32-15)31-9-16(30)25-13-4-2-3-12(22)8-13/h2-4,8,10-11H,5-7,9H2,1H3,(H,25,30). The molecule has 0 bridgehead atoms. The normalized spacial score (nSPS) is 16.1. The van der Waals surface area contributed by atoms with Gasteiger partial charge < -0.3 is 5.32 Å². The highest BCUT2D eigenvalue weighted by Crippen LogP contribution is 2.40. The van der Waals surface area contributed by atoms with Gasteiger partial charge in [-0.15, -0.1) is 21.5 Å². The molecule has 4 heterocycles. The molecule has 6 rings (SSSR count). The lowest BCUT2D eigenvalue weighted by Gasteiger charge is -2.17. The highest BCUT2D eigenvalue weighted by molar-refractivity contribution is 7.99. The van der Waals surface area contributed by atoms with Crippen LogP contribution in [0.25, 0.3) is 21.6 Å². The summed E-state index contributed by atoms with van der Waals surface area (Å²) in [6.07, 6.45) is 4.87. The van der Waals surface area contributed by atoms with Crippen LogP contribution in [-0.2, 0) is 17.6 Å². The number of hydrogen-bond acceptors (Lipinski definition) is 7. The van der Waals surface area contributed by atoms with Crippen LogP contribution >= 0.6 is 34.7 Å². The first kappa shape index (κ1) is 20.0. The molecule has 1 unspecified atom stereocenters. The number of rotatable bonds is 4. The Morgan fingerprint density at radius 1 is 1.38 bits per heavy atom. The molecule has 0 fully saturated rings. The fourth-order valence-corrected chi connectivity index (χ4v) is 6.57. The molecule has 1 aliphatic rings. The van der Waals surface area contributed by atoms with Crippen LogP contribution in [0.4, 0.5) is 5.69 Å². The van der Waals surface area contributed by atoms with Crippen molar-refractivity contribution in [2.75, 3.05) is 11.1 Å². The Hall–Kier alpha value is -2.69. The number of anilines is 1. The summed E-state index contributed by atoms with van der Waals surface area (Å²) in [4.78, 5) is 19.5. The van der Waals surface area contributed by atoms with Gasteiger partial charge in [0.2, 0.25) is 5.91 Å². The number of carbonyl (C=O) groups is 1. The molecule has 162 valence electrons. The number of amides is 1. The van der Waals surface area contributed by atoms with E-state index < -0.39 is 0 Å². The number of nitrogens with one attached hydrogen (secondary N) is 1. The van der Waals surface area contributed by atoms with Crippen LogP contribution in [0.15, 0.2) is 35.7 Å². The second kappa shape index (κ2) is 7.72. The molecule has 5 aromatic rings. The molecule has 1 aromatic carbocycles. The smallest absolute Gasteiger partial charge is 0.260 e. The van der Waals surface area contributed by atoms with Gasteiger partial charge in [-0.2, -0.15) is 9.61 Å². The number of benzene rings is 1. The van der Waals surface area contributed by atoms with E-state index in [1.807, 2.05) is 10.5 Å². The zero-order chi connectivity index (χ0) is 21.8. The maximum Gasteiger partial charge on any atom is 0.260 e. The summed E-state index contributed by atoms with van der Waals surface area (Å²) in [6.45, 7) is 2.30. The lowest BCUT2D eigenvalue weighted by molar-refractivity contribution is -0.113. The molecule has 11 heteroatoms. The van der Waals surface area contributed by atoms with Gasteiger partial charge in [0, 0.05) is 15.6 Å². The second-order valence-corrected chi connectivity index (χ2v) is 10.5. The summed E-state index contributed by atoms with van der Waals surface area (Å²) in [7, 11) is 0. The summed E-state index contributed by atoms with van der Waals surface area (Å²) in [5, 5.41) is 18.4. The summed E-state index contributed by atoms with van der Waals surface area (Å²) in [6, 6.07) is 7.10. The fraction of sp³-hybridized carbons (Fsp3) is 0.286. The molecule has 0 aliphatic heterocycles. The van der Waals surface area contributed by atoms with E-state index in [0.29, 0.717) is 27.6 Å². The summed E-state index contributed by atoms with van der Waals surface area (Å²) < 4.78 is 3.76. The van der Waals surface area contributed by atoms with Gasteiger partial charge in [-0.05, 0) is 48.9 Å². The predicted molar refractivity (Wildman–Crippen MR) is 127 cm³/mol. The Kier molecular flexibility index (Phi) is 4.81. The van der Waals surface area contributed by atoms with Gasteiger partial charge in [-0.3, -0.25) is 4.79 Å². The van der Waals surface area contributed by atoms with Gasteiger partial charge in [0.05, 0.1) is 11.1 Å². The van der Waals surface area contributed by atoms with E-state index in [-0.39, 0.29) is 11.7 Å². The van der Waals surface area contributed by atoms with Crippen molar-refractivity contribution in [3.63, 3.8) is 0 Å². The number of carbonyl (C=O) groups excluding carboxylic acids is 1. The van der Waals surface area contributed by atoms with E-state index >= 15 is 0 Å². The van der Waals surface area contributed by atoms with Gasteiger partial charge in [0.25, 0.3) is 5.78 Å². The molecule has 0 saturated carbocycles. The number of hydrogen-bond donors (Lipinski definition) is 1. The first-order valence-corrected chi connectivity index (χ1v) is 12.5. The predicted octanol–water partition coefficient (Wildman–Crippen LogP) is 4.50. The van der Waals surface area contributed by atoms with Crippen molar-refractivity contribution in [1.82, 2.24) is 29.2 Å². The van der Waals surface area contributed by atoms with Crippen LogP contribution in [0.3, 0.4) is 0 Å².